The van der Waals surface area contributed by atoms with E-state index in [4.69, 9.17) is 18.0 Å². The quantitative estimate of drug-likeness (QED) is 0.407. The summed E-state index contributed by atoms with van der Waals surface area (Å²) in [5, 5.41) is 0.468. The van der Waals surface area contributed by atoms with Gasteiger partial charge in [-0.3, -0.25) is 0 Å². The zero-order valence-corrected chi connectivity index (χ0v) is 4.29. The zero-order valence-electron chi connectivity index (χ0n) is 3.53. The van der Waals surface area contributed by atoms with E-state index in [0.29, 0.717) is 5.03 Å². The van der Waals surface area contributed by atoms with Gasteiger partial charge < -0.3 is 0 Å². The molecule has 0 aromatic heterocycles. The minimum atomic E-state index is 0.468. The minimum absolute atomic E-state index is 0.468. The molecule has 0 heterocycles. The normalized spacial score (nSPS) is 10.5. The summed E-state index contributed by atoms with van der Waals surface area (Å²) < 4.78 is 0. The second-order valence-electron chi connectivity index (χ2n) is 0.781. The smallest absolute Gasteiger partial charge is 0.0858 e. The van der Waals surface area contributed by atoms with Gasteiger partial charge in [-0.15, -0.1) is 6.42 Å². The van der Waals surface area contributed by atoms with Crippen LogP contribution in [0.3, 0.4) is 0 Å². The molecule has 0 unspecified atom stereocenters. The highest BCUT2D eigenvalue weighted by atomic mass is 35.5. The van der Waals surface area contributed by atoms with Crippen molar-refractivity contribution in [3.63, 3.8) is 0 Å². The van der Waals surface area contributed by atoms with Crippen molar-refractivity contribution in [2.45, 2.75) is 6.92 Å². The first-order valence-corrected chi connectivity index (χ1v) is 1.97. The van der Waals surface area contributed by atoms with Gasteiger partial charge in [-0.25, -0.2) is 0 Å². The predicted octanol–water partition coefficient (Wildman–Crippen LogP) is 1.76. The fourth-order valence-corrected chi connectivity index (χ4v) is 0.0833. The molecule has 0 saturated carbocycles. The third-order valence-corrected chi connectivity index (χ3v) is 0.719. The fourth-order valence-electron chi connectivity index (χ4n) is 0.0833. The minimum Gasteiger partial charge on any atom is -0.114 e. The van der Waals surface area contributed by atoms with Gasteiger partial charge in [0.05, 0.1) is 5.03 Å². The first kappa shape index (κ1) is 5.59. The van der Waals surface area contributed by atoms with E-state index in [2.05, 4.69) is 5.92 Å². The van der Waals surface area contributed by atoms with E-state index in [-0.39, 0.29) is 0 Å². The SMILES string of the molecule is C#C/C(Cl)=C\C. The molecule has 0 aliphatic carbocycles. The molecule has 0 nitrogen and oxygen atoms in total. The summed E-state index contributed by atoms with van der Waals surface area (Å²) in [6, 6.07) is 0. The van der Waals surface area contributed by atoms with Crippen LogP contribution in [-0.4, -0.2) is 0 Å². The molecule has 0 saturated heterocycles. The van der Waals surface area contributed by atoms with Crippen molar-refractivity contribution in [2.75, 3.05) is 0 Å². The van der Waals surface area contributed by atoms with Crippen LogP contribution in [0.1, 0.15) is 6.92 Å². The largest absolute Gasteiger partial charge is 0.114 e. The number of halogens is 1. The van der Waals surface area contributed by atoms with Crippen molar-refractivity contribution in [3.05, 3.63) is 11.1 Å². The Kier molecular flexibility index (Phi) is 2.62. The van der Waals surface area contributed by atoms with Gasteiger partial charge >= 0.3 is 0 Å². The summed E-state index contributed by atoms with van der Waals surface area (Å²) in [5.41, 5.74) is 0. The molecule has 0 rings (SSSR count). The number of rotatable bonds is 0. The number of hydrogen-bond donors (Lipinski definition) is 0. The maximum absolute atomic E-state index is 5.27. The maximum atomic E-state index is 5.27. The number of hydrogen-bond acceptors (Lipinski definition) is 0. The van der Waals surface area contributed by atoms with Gasteiger partial charge in [0.1, 0.15) is 0 Å². The molecule has 0 spiro atoms. The van der Waals surface area contributed by atoms with Gasteiger partial charge in [-0.2, -0.15) is 0 Å². The highest BCUT2D eigenvalue weighted by Crippen LogP contribution is 1.94. The Hall–Kier alpha value is -0.410. The summed E-state index contributed by atoms with van der Waals surface area (Å²) in [5.74, 6) is 2.24. The van der Waals surface area contributed by atoms with E-state index in [1.165, 1.54) is 0 Å². The third-order valence-electron chi connectivity index (χ3n) is 0.391. The van der Waals surface area contributed by atoms with E-state index in [1.807, 2.05) is 0 Å². The third kappa shape index (κ3) is 1.87. The molecule has 0 atom stereocenters. The first-order valence-electron chi connectivity index (χ1n) is 1.59. The fraction of sp³-hybridized carbons (Fsp3) is 0.200. The Morgan fingerprint density at radius 2 is 2.50 bits per heavy atom. The van der Waals surface area contributed by atoms with Crippen molar-refractivity contribution in [1.29, 1.82) is 0 Å². The van der Waals surface area contributed by atoms with Gasteiger partial charge in [-0.05, 0) is 6.92 Å². The molecular weight excluding hydrogens is 95.5 g/mol. The molecule has 1 heteroatoms. The molecule has 0 N–H and O–H groups in total. The summed E-state index contributed by atoms with van der Waals surface area (Å²) in [6.07, 6.45) is 6.50. The number of terminal acetylenes is 1. The molecule has 0 aliphatic rings. The highest BCUT2D eigenvalue weighted by Gasteiger charge is 1.70. The lowest BCUT2D eigenvalue weighted by Gasteiger charge is -1.70. The maximum Gasteiger partial charge on any atom is 0.0858 e. The van der Waals surface area contributed by atoms with Gasteiger partial charge in [0.15, 0.2) is 0 Å². The molecule has 0 fully saturated rings. The van der Waals surface area contributed by atoms with E-state index in [9.17, 15) is 0 Å². The van der Waals surface area contributed by atoms with Crippen LogP contribution < -0.4 is 0 Å². The molecule has 0 bridgehead atoms. The Morgan fingerprint density at radius 1 is 2.00 bits per heavy atom. The number of allylic oxidation sites excluding steroid dienone is 2. The summed E-state index contributed by atoms with van der Waals surface area (Å²) >= 11 is 5.27. The lowest BCUT2D eigenvalue weighted by Crippen LogP contribution is -1.52. The molecule has 32 valence electrons. The zero-order chi connectivity index (χ0) is 4.99. The Labute approximate surface area is 42.8 Å². The molecule has 0 aromatic carbocycles. The van der Waals surface area contributed by atoms with Crippen LogP contribution in [0.25, 0.3) is 0 Å². The Morgan fingerprint density at radius 3 is 2.50 bits per heavy atom. The van der Waals surface area contributed by atoms with Crippen molar-refractivity contribution in [1.82, 2.24) is 0 Å². The van der Waals surface area contributed by atoms with Crippen LogP contribution in [0.2, 0.25) is 0 Å². The van der Waals surface area contributed by atoms with E-state index >= 15 is 0 Å². The van der Waals surface area contributed by atoms with E-state index in [0.717, 1.165) is 0 Å². The van der Waals surface area contributed by atoms with Crippen LogP contribution in [0.4, 0.5) is 0 Å². The second kappa shape index (κ2) is 2.81. The van der Waals surface area contributed by atoms with Crippen molar-refractivity contribution >= 4 is 11.6 Å². The standard InChI is InChI=1S/C5H5Cl/c1-3-5(6)4-2/h1,4H,2H3/b5-4+. The Bertz CT molecular complexity index is 95.0. The topological polar surface area (TPSA) is 0 Å². The molecule has 0 radical (unpaired) electrons. The van der Waals surface area contributed by atoms with Crippen LogP contribution >= 0.6 is 11.6 Å². The van der Waals surface area contributed by atoms with Crippen molar-refractivity contribution < 1.29 is 0 Å². The molecule has 0 amide bonds. The van der Waals surface area contributed by atoms with Gasteiger partial charge in [0.2, 0.25) is 0 Å². The van der Waals surface area contributed by atoms with Crippen LogP contribution in [0.15, 0.2) is 11.1 Å². The van der Waals surface area contributed by atoms with Crippen LogP contribution in [0.5, 0.6) is 0 Å². The predicted molar refractivity (Wildman–Crippen MR) is 28.4 cm³/mol. The Balaban J connectivity index is 3.61. The summed E-state index contributed by atoms with van der Waals surface area (Å²) in [6.45, 7) is 1.79. The van der Waals surface area contributed by atoms with Gasteiger partial charge in [-0.1, -0.05) is 23.6 Å². The lowest BCUT2D eigenvalue weighted by atomic mass is 10.5. The van der Waals surface area contributed by atoms with Gasteiger partial charge in [0, 0.05) is 0 Å². The summed E-state index contributed by atoms with van der Waals surface area (Å²) in [4.78, 5) is 0. The van der Waals surface area contributed by atoms with Crippen molar-refractivity contribution in [3.8, 4) is 12.3 Å². The van der Waals surface area contributed by atoms with Gasteiger partial charge in [0.25, 0.3) is 0 Å². The summed E-state index contributed by atoms with van der Waals surface area (Å²) in [7, 11) is 0. The van der Waals surface area contributed by atoms with Crippen molar-refractivity contribution in [2.24, 2.45) is 0 Å². The monoisotopic (exact) mass is 100 g/mol. The molecular formula is C5H5Cl. The van der Waals surface area contributed by atoms with Crippen LogP contribution in [-0.2, 0) is 0 Å². The molecule has 0 aromatic rings. The first-order chi connectivity index (χ1) is 2.81. The second-order valence-corrected chi connectivity index (χ2v) is 1.19. The van der Waals surface area contributed by atoms with E-state index in [1.54, 1.807) is 13.0 Å². The molecule has 6 heavy (non-hydrogen) atoms. The lowest BCUT2D eigenvalue weighted by molar-refractivity contribution is 1.73. The molecule has 0 aliphatic heterocycles. The van der Waals surface area contributed by atoms with Crippen LogP contribution in [0, 0.1) is 12.3 Å². The average Bonchev–Trinajstić information content (AvgIpc) is 1.65. The highest BCUT2D eigenvalue weighted by molar-refractivity contribution is 6.32. The average molecular weight is 101 g/mol. The van der Waals surface area contributed by atoms with E-state index < -0.39 is 0 Å².